The predicted octanol–water partition coefficient (Wildman–Crippen LogP) is 2.81. The van der Waals surface area contributed by atoms with Gasteiger partial charge in [0.15, 0.2) is 0 Å². The fourth-order valence-corrected chi connectivity index (χ4v) is 4.06. The van der Waals surface area contributed by atoms with E-state index in [0.717, 1.165) is 23.3 Å². The Labute approximate surface area is 123 Å². The largest absolute Gasteiger partial charge is 0.390 e. The zero-order valence-corrected chi connectivity index (χ0v) is 13.3. The van der Waals surface area contributed by atoms with Gasteiger partial charge in [-0.1, -0.05) is 31.0 Å². The molecule has 0 saturated carbocycles. The molecule has 1 N–H and O–H groups in total. The Kier molecular flexibility index (Phi) is 4.99. The van der Waals surface area contributed by atoms with Crippen LogP contribution in [0.3, 0.4) is 0 Å². The highest BCUT2D eigenvalue weighted by Crippen LogP contribution is 2.34. The number of benzene rings is 1. The highest BCUT2D eigenvalue weighted by molar-refractivity contribution is 7.85. The molecular formula is C16H24O3S. The van der Waals surface area contributed by atoms with E-state index in [9.17, 15) is 9.32 Å². The van der Waals surface area contributed by atoms with Crippen molar-refractivity contribution >= 4 is 10.8 Å². The number of hydrogen-bond donors (Lipinski definition) is 1. The summed E-state index contributed by atoms with van der Waals surface area (Å²) in [7, 11) is -1.12. The Morgan fingerprint density at radius 1 is 1.40 bits per heavy atom. The Morgan fingerprint density at radius 2 is 2.05 bits per heavy atom. The van der Waals surface area contributed by atoms with Gasteiger partial charge in [0.2, 0.25) is 0 Å². The molecule has 2 rings (SSSR count). The van der Waals surface area contributed by atoms with Crippen LogP contribution in [0.4, 0.5) is 0 Å². The predicted molar refractivity (Wildman–Crippen MR) is 81.3 cm³/mol. The third-order valence-corrected chi connectivity index (χ3v) is 5.31. The van der Waals surface area contributed by atoms with E-state index in [1.807, 2.05) is 38.1 Å². The van der Waals surface area contributed by atoms with E-state index >= 15 is 0 Å². The molecule has 112 valence electrons. The third kappa shape index (κ3) is 3.68. The number of rotatable bonds is 5. The fourth-order valence-electron chi connectivity index (χ4n) is 2.84. The lowest BCUT2D eigenvalue weighted by molar-refractivity contribution is -0.0356. The van der Waals surface area contributed by atoms with E-state index in [1.165, 1.54) is 0 Å². The normalized spacial score (nSPS) is 31.4. The lowest BCUT2D eigenvalue weighted by Gasteiger charge is -2.23. The SMILES string of the molecule is CCC[C@]1(C)C[C@@H](O)[C@H](CS(=O)c2ccc(C)cc2)O1. The second-order valence-corrected chi connectivity index (χ2v) is 7.45. The van der Waals surface area contributed by atoms with Crippen molar-refractivity contribution in [3.05, 3.63) is 29.8 Å². The van der Waals surface area contributed by atoms with Gasteiger partial charge in [-0.3, -0.25) is 4.21 Å². The number of aryl methyl sites for hydroxylation is 1. The summed E-state index contributed by atoms with van der Waals surface area (Å²) in [4.78, 5) is 0.801. The van der Waals surface area contributed by atoms with Crippen molar-refractivity contribution in [3.63, 3.8) is 0 Å². The Bertz CT molecular complexity index is 471. The van der Waals surface area contributed by atoms with Gasteiger partial charge in [0.1, 0.15) is 0 Å². The lowest BCUT2D eigenvalue weighted by Crippen LogP contribution is -2.29. The average molecular weight is 296 g/mol. The second-order valence-electron chi connectivity index (χ2n) is 5.95. The molecule has 0 radical (unpaired) electrons. The Balaban J connectivity index is 2.00. The van der Waals surface area contributed by atoms with Crippen LogP contribution in [0.2, 0.25) is 0 Å². The van der Waals surface area contributed by atoms with Crippen LogP contribution < -0.4 is 0 Å². The van der Waals surface area contributed by atoms with Crippen LogP contribution in [0.1, 0.15) is 38.7 Å². The van der Waals surface area contributed by atoms with E-state index in [2.05, 4.69) is 6.92 Å². The molecule has 0 bridgehead atoms. The van der Waals surface area contributed by atoms with E-state index in [1.54, 1.807) is 0 Å². The molecule has 20 heavy (non-hydrogen) atoms. The first-order valence-corrected chi connectivity index (χ1v) is 8.56. The van der Waals surface area contributed by atoms with Gasteiger partial charge < -0.3 is 9.84 Å². The molecule has 0 spiro atoms. The summed E-state index contributed by atoms with van der Waals surface area (Å²) in [6.45, 7) is 6.15. The maximum Gasteiger partial charge on any atom is 0.0960 e. The van der Waals surface area contributed by atoms with Crippen LogP contribution in [-0.2, 0) is 15.5 Å². The van der Waals surface area contributed by atoms with Crippen molar-refractivity contribution in [3.8, 4) is 0 Å². The molecule has 1 aliphatic heterocycles. The van der Waals surface area contributed by atoms with Gasteiger partial charge in [0.25, 0.3) is 0 Å². The highest BCUT2D eigenvalue weighted by Gasteiger charge is 2.42. The molecular weight excluding hydrogens is 272 g/mol. The molecule has 3 nitrogen and oxygen atoms in total. The maximum absolute atomic E-state index is 12.3. The van der Waals surface area contributed by atoms with Crippen molar-refractivity contribution in [1.29, 1.82) is 0 Å². The zero-order valence-electron chi connectivity index (χ0n) is 12.5. The minimum atomic E-state index is -1.12. The summed E-state index contributed by atoms with van der Waals surface area (Å²) in [5.41, 5.74) is 0.884. The summed E-state index contributed by atoms with van der Waals surface area (Å²) >= 11 is 0. The Hall–Kier alpha value is -0.710. The number of ether oxygens (including phenoxy) is 1. The zero-order chi connectivity index (χ0) is 14.8. The van der Waals surface area contributed by atoms with Crippen LogP contribution in [-0.4, -0.2) is 32.9 Å². The summed E-state index contributed by atoms with van der Waals surface area (Å²) in [5, 5.41) is 10.1. The fraction of sp³-hybridized carbons (Fsp3) is 0.625. The first kappa shape index (κ1) is 15.7. The molecule has 4 heteroatoms. The number of aliphatic hydroxyl groups excluding tert-OH is 1. The molecule has 1 unspecified atom stereocenters. The van der Waals surface area contributed by atoms with Gasteiger partial charge in [-0.25, -0.2) is 0 Å². The van der Waals surface area contributed by atoms with Crippen molar-refractivity contribution in [2.24, 2.45) is 0 Å². The highest BCUT2D eigenvalue weighted by atomic mass is 32.2. The minimum absolute atomic E-state index is 0.268. The quantitative estimate of drug-likeness (QED) is 0.909. The molecule has 0 aromatic heterocycles. The van der Waals surface area contributed by atoms with E-state index in [-0.39, 0.29) is 11.7 Å². The second kappa shape index (κ2) is 6.37. The van der Waals surface area contributed by atoms with Crippen molar-refractivity contribution in [2.45, 2.75) is 62.7 Å². The summed E-state index contributed by atoms with van der Waals surface area (Å²) < 4.78 is 18.3. The van der Waals surface area contributed by atoms with Crippen molar-refractivity contribution < 1.29 is 14.1 Å². The molecule has 1 aromatic carbocycles. The summed E-state index contributed by atoms with van der Waals surface area (Å²) in [5.74, 6) is 0.365. The summed E-state index contributed by atoms with van der Waals surface area (Å²) in [6.07, 6.45) is 1.75. The van der Waals surface area contributed by atoms with Gasteiger partial charge in [0, 0.05) is 11.3 Å². The standard InChI is InChI=1S/C16H24O3S/c1-4-9-16(3)10-14(17)15(19-16)11-20(18)13-7-5-12(2)6-8-13/h5-8,14-15,17H,4,9-11H2,1-3H3/t14-,15+,16-,20?/m1/s1. The first-order valence-electron chi connectivity index (χ1n) is 7.24. The van der Waals surface area contributed by atoms with Crippen molar-refractivity contribution in [2.75, 3.05) is 5.75 Å². The molecule has 1 heterocycles. The Morgan fingerprint density at radius 3 is 2.65 bits per heavy atom. The van der Waals surface area contributed by atoms with E-state index in [4.69, 9.17) is 4.74 Å². The minimum Gasteiger partial charge on any atom is -0.390 e. The van der Waals surface area contributed by atoms with Crippen LogP contribution in [0.15, 0.2) is 29.2 Å². The summed E-state index contributed by atoms with van der Waals surface area (Å²) in [6, 6.07) is 7.69. The number of aliphatic hydroxyl groups is 1. The molecule has 1 fully saturated rings. The van der Waals surface area contributed by atoms with E-state index < -0.39 is 16.9 Å². The van der Waals surface area contributed by atoms with E-state index in [0.29, 0.717) is 12.2 Å². The number of hydrogen-bond acceptors (Lipinski definition) is 3. The molecule has 0 amide bonds. The lowest BCUT2D eigenvalue weighted by atomic mass is 9.95. The first-order chi connectivity index (χ1) is 9.43. The maximum atomic E-state index is 12.3. The van der Waals surface area contributed by atoms with Crippen LogP contribution in [0.25, 0.3) is 0 Å². The van der Waals surface area contributed by atoms with Crippen LogP contribution in [0, 0.1) is 6.92 Å². The molecule has 1 aromatic rings. The topological polar surface area (TPSA) is 46.5 Å². The average Bonchev–Trinajstić information content (AvgIpc) is 2.65. The monoisotopic (exact) mass is 296 g/mol. The van der Waals surface area contributed by atoms with Crippen LogP contribution >= 0.6 is 0 Å². The molecule has 4 atom stereocenters. The van der Waals surface area contributed by atoms with Gasteiger partial charge in [-0.2, -0.15) is 0 Å². The van der Waals surface area contributed by atoms with Gasteiger partial charge in [-0.15, -0.1) is 0 Å². The smallest absolute Gasteiger partial charge is 0.0960 e. The third-order valence-electron chi connectivity index (χ3n) is 3.88. The van der Waals surface area contributed by atoms with Gasteiger partial charge in [0.05, 0.1) is 34.4 Å². The molecule has 0 aliphatic carbocycles. The molecule has 1 aliphatic rings. The van der Waals surface area contributed by atoms with Crippen LogP contribution in [0.5, 0.6) is 0 Å². The molecule has 1 saturated heterocycles. The van der Waals surface area contributed by atoms with Gasteiger partial charge in [-0.05, 0) is 32.4 Å². The van der Waals surface area contributed by atoms with Crippen molar-refractivity contribution in [1.82, 2.24) is 0 Å². The van der Waals surface area contributed by atoms with Gasteiger partial charge >= 0.3 is 0 Å².